The molecule has 6 heteroatoms. The number of likely N-dealkylation sites (N-methyl/N-ethyl adjacent to an activating group) is 1. The number of carbonyl (C=O) groups is 1. The van der Waals surface area contributed by atoms with Crippen LogP contribution in [-0.4, -0.2) is 37.0 Å². The Balaban J connectivity index is 0.00000162. The first-order valence-corrected chi connectivity index (χ1v) is 6.28. The molecule has 18 heavy (non-hydrogen) atoms. The van der Waals surface area contributed by atoms with Gasteiger partial charge in [-0.05, 0) is 25.1 Å². The molecule has 1 aromatic carbocycles. The molecule has 1 aliphatic rings. The number of nitrogens with one attached hydrogen (secondary N) is 1. The molecule has 0 radical (unpaired) electrons. The summed E-state index contributed by atoms with van der Waals surface area (Å²) in [5.74, 6) is -0.0776. The Hall–Kier alpha value is -0.480. The first-order valence-electron chi connectivity index (χ1n) is 5.53. The molecule has 1 amide bonds. The van der Waals surface area contributed by atoms with Gasteiger partial charge < -0.3 is 10.2 Å². The Morgan fingerprint density at radius 1 is 1.44 bits per heavy atom. The molecule has 0 aliphatic carbocycles. The molecule has 2 rings (SSSR count). The minimum atomic E-state index is -0.0776. The predicted octanol–water partition coefficient (Wildman–Crippen LogP) is 2.85. The lowest BCUT2D eigenvalue weighted by molar-refractivity contribution is 0.0744. The average molecular weight is 310 g/mol. The molecule has 0 unspecified atom stereocenters. The van der Waals surface area contributed by atoms with Gasteiger partial charge in [0.05, 0.1) is 15.6 Å². The van der Waals surface area contributed by atoms with E-state index < -0.39 is 0 Å². The summed E-state index contributed by atoms with van der Waals surface area (Å²) in [7, 11) is 1.80. The summed E-state index contributed by atoms with van der Waals surface area (Å²) in [6.07, 6.45) is 0.973. The summed E-state index contributed by atoms with van der Waals surface area (Å²) in [6, 6.07) is 5.35. The third-order valence-electron chi connectivity index (χ3n) is 3.08. The first kappa shape index (κ1) is 15.6. The van der Waals surface area contributed by atoms with Gasteiger partial charge in [-0.3, -0.25) is 4.79 Å². The molecule has 0 bridgehead atoms. The molecule has 3 nitrogen and oxygen atoms in total. The summed E-state index contributed by atoms with van der Waals surface area (Å²) in [5.41, 5.74) is 0.466. The highest BCUT2D eigenvalue weighted by atomic mass is 35.5. The van der Waals surface area contributed by atoms with Crippen LogP contribution in [0.4, 0.5) is 0 Å². The molecule has 100 valence electrons. The molecule has 0 aromatic heterocycles. The minimum Gasteiger partial charge on any atom is -0.337 e. The van der Waals surface area contributed by atoms with Crippen molar-refractivity contribution >= 4 is 41.5 Å². The maximum atomic E-state index is 12.3. The van der Waals surface area contributed by atoms with Crippen LogP contribution in [0, 0.1) is 0 Å². The molecule has 1 aliphatic heterocycles. The van der Waals surface area contributed by atoms with E-state index in [0.29, 0.717) is 15.6 Å². The fraction of sp³-hybridized carbons (Fsp3) is 0.417. The number of rotatable bonds is 2. The lowest BCUT2D eigenvalue weighted by Gasteiger charge is -2.24. The van der Waals surface area contributed by atoms with Crippen LogP contribution in [0.2, 0.25) is 10.0 Å². The number of amides is 1. The van der Waals surface area contributed by atoms with Crippen LogP contribution in [0.15, 0.2) is 18.2 Å². The lowest BCUT2D eigenvalue weighted by atomic mass is 10.1. The molecule has 0 spiro atoms. The molecule has 1 fully saturated rings. The van der Waals surface area contributed by atoms with Crippen LogP contribution >= 0.6 is 35.6 Å². The Labute approximate surface area is 123 Å². The van der Waals surface area contributed by atoms with Crippen LogP contribution in [0.5, 0.6) is 0 Å². The normalized spacial score (nSPS) is 18.3. The maximum absolute atomic E-state index is 12.3. The zero-order valence-corrected chi connectivity index (χ0v) is 12.3. The van der Waals surface area contributed by atoms with E-state index in [-0.39, 0.29) is 24.4 Å². The molecular formula is C12H15Cl3N2O. The van der Waals surface area contributed by atoms with Crippen molar-refractivity contribution < 1.29 is 4.79 Å². The highest BCUT2D eigenvalue weighted by Crippen LogP contribution is 2.27. The lowest BCUT2D eigenvalue weighted by Crippen LogP contribution is -2.38. The van der Waals surface area contributed by atoms with Gasteiger partial charge >= 0.3 is 0 Å². The smallest absolute Gasteiger partial charge is 0.255 e. The van der Waals surface area contributed by atoms with E-state index in [0.717, 1.165) is 19.5 Å². The van der Waals surface area contributed by atoms with Gasteiger partial charge in [-0.15, -0.1) is 12.4 Å². The van der Waals surface area contributed by atoms with E-state index in [1.807, 2.05) is 0 Å². The van der Waals surface area contributed by atoms with Crippen molar-refractivity contribution in [1.82, 2.24) is 10.2 Å². The Morgan fingerprint density at radius 3 is 2.78 bits per heavy atom. The second kappa shape index (κ2) is 6.62. The monoisotopic (exact) mass is 308 g/mol. The molecule has 0 saturated carbocycles. The summed E-state index contributed by atoms with van der Waals surface area (Å²) in [4.78, 5) is 14.0. The highest BCUT2D eigenvalue weighted by Gasteiger charge is 2.25. The highest BCUT2D eigenvalue weighted by molar-refractivity contribution is 6.43. The third-order valence-corrected chi connectivity index (χ3v) is 3.90. The quantitative estimate of drug-likeness (QED) is 0.911. The fourth-order valence-electron chi connectivity index (χ4n) is 1.99. The largest absolute Gasteiger partial charge is 0.337 e. The maximum Gasteiger partial charge on any atom is 0.255 e. The Kier molecular flexibility index (Phi) is 5.73. The summed E-state index contributed by atoms with van der Waals surface area (Å²) < 4.78 is 0. The van der Waals surface area contributed by atoms with E-state index >= 15 is 0 Å². The number of halogens is 3. The van der Waals surface area contributed by atoms with Gasteiger partial charge in [0.2, 0.25) is 0 Å². The molecule has 1 aromatic rings. The van der Waals surface area contributed by atoms with Crippen molar-refractivity contribution in [3.63, 3.8) is 0 Å². The van der Waals surface area contributed by atoms with Gasteiger partial charge in [-0.25, -0.2) is 0 Å². The van der Waals surface area contributed by atoms with Crippen molar-refractivity contribution in [3.05, 3.63) is 33.8 Å². The van der Waals surface area contributed by atoms with Crippen molar-refractivity contribution in [3.8, 4) is 0 Å². The van der Waals surface area contributed by atoms with Crippen molar-refractivity contribution in [2.45, 2.75) is 12.5 Å². The van der Waals surface area contributed by atoms with Gasteiger partial charge in [0.15, 0.2) is 0 Å². The molecule has 1 saturated heterocycles. The van der Waals surface area contributed by atoms with E-state index in [1.165, 1.54) is 0 Å². The number of hydrogen-bond acceptors (Lipinski definition) is 2. The van der Waals surface area contributed by atoms with Crippen LogP contribution in [0.25, 0.3) is 0 Å². The van der Waals surface area contributed by atoms with Gasteiger partial charge in [0.1, 0.15) is 0 Å². The van der Waals surface area contributed by atoms with Crippen LogP contribution < -0.4 is 5.32 Å². The zero-order chi connectivity index (χ0) is 12.4. The van der Waals surface area contributed by atoms with Gasteiger partial charge in [-0.1, -0.05) is 29.3 Å². The SMILES string of the molecule is CN(C(=O)c1cccc(Cl)c1Cl)[C@H]1CCNC1.Cl. The van der Waals surface area contributed by atoms with E-state index in [9.17, 15) is 4.79 Å². The zero-order valence-electron chi connectivity index (χ0n) is 9.95. The number of carbonyl (C=O) groups excluding carboxylic acids is 1. The van der Waals surface area contributed by atoms with Gasteiger partial charge in [0.25, 0.3) is 5.91 Å². The van der Waals surface area contributed by atoms with Crippen LogP contribution in [-0.2, 0) is 0 Å². The number of hydrogen-bond donors (Lipinski definition) is 1. The summed E-state index contributed by atoms with van der Waals surface area (Å²) in [5, 5.41) is 3.98. The van der Waals surface area contributed by atoms with Crippen LogP contribution in [0.3, 0.4) is 0 Å². The first-order chi connectivity index (χ1) is 8.11. The van der Waals surface area contributed by atoms with Crippen molar-refractivity contribution in [2.24, 2.45) is 0 Å². The van der Waals surface area contributed by atoms with Gasteiger partial charge in [-0.2, -0.15) is 0 Å². The number of nitrogens with zero attached hydrogens (tertiary/aromatic N) is 1. The minimum absolute atomic E-state index is 0. The molecule has 1 atom stereocenters. The fourth-order valence-corrected chi connectivity index (χ4v) is 2.38. The molecular weight excluding hydrogens is 295 g/mol. The third kappa shape index (κ3) is 3.09. The number of benzene rings is 1. The second-order valence-corrected chi connectivity index (χ2v) is 4.95. The second-order valence-electron chi connectivity index (χ2n) is 4.16. The van der Waals surface area contributed by atoms with E-state index in [4.69, 9.17) is 23.2 Å². The summed E-state index contributed by atoms with van der Waals surface area (Å²) in [6.45, 7) is 1.78. The summed E-state index contributed by atoms with van der Waals surface area (Å²) >= 11 is 12.0. The Bertz CT molecular complexity index is 433. The Morgan fingerprint density at radius 2 is 2.17 bits per heavy atom. The molecule has 1 N–H and O–H groups in total. The average Bonchev–Trinajstić information content (AvgIpc) is 2.84. The molecule has 1 heterocycles. The standard InChI is InChI=1S/C12H14Cl2N2O.ClH/c1-16(8-5-6-15-7-8)12(17)9-3-2-4-10(13)11(9)14;/h2-4,8,15H,5-7H2,1H3;1H/t8-;/m0./s1. The predicted molar refractivity (Wildman–Crippen MR) is 77.1 cm³/mol. The topological polar surface area (TPSA) is 32.3 Å². The van der Waals surface area contributed by atoms with Crippen molar-refractivity contribution in [2.75, 3.05) is 20.1 Å². The van der Waals surface area contributed by atoms with Crippen LogP contribution in [0.1, 0.15) is 16.8 Å². The van der Waals surface area contributed by atoms with Crippen molar-refractivity contribution in [1.29, 1.82) is 0 Å². The van der Waals surface area contributed by atoms with Gasteiger partial charge in [0, 0.05) is 19.6 Å². The van der Waals surface area contributed by atoms with E-state index in [2.05, 4.69) is 5.32 Å². The van der Waals surface area contributed by atoms with E-state index in [1.54, 1.807) is 30.1 Å².